The Morgan fingerprint density at radius 1 is 0.735 bits per heavy atom. The maximum absolute atomic E-state index is 13.8. The molecule has 3 heterocycles. The Morgan fingerprint density at radius 2 is 1.35 bits per heavy atom. The van der Waals surface area contributed by atoms with Crippen molar-refractivity contribution < 1.29 is 14.4 Å². The monoisotopic (exact) mass is 447 g/mol. The van der Waals surface area contributed by atoms with Crippen molar-refractivity contribution in [3.63, 3.8) is 0 Å². The molecule has 3 aliphatic heterocycles. The number of carbonyl (C=O) groups excluding carboxylic acids is 3. The Balaban J connectivity index is 1.37. The minimum Gasteiger partial charge on any atom is -0.292 e. The van der Waals surface area contributed by atoms with Crippen LogP contribution in [0.25, 0.3) is 11.1 Å². The van der Waals surface area contributed by atoms with Crippen LogP contribution < -0.4 is 4.90 Å². The van der Waals surface area contributed by atoms with Crippen LogP contribution in [0.15, 0.2) is 102 Å². The fraction of sp³-hybridized carbons (Fsp3) is 0.143. The van der Waals surface area contributed by atoms with E-state index >= 15 is 0 Å². The third-order valence-corrected chi connectivity index (χ3v) is 6.85. The molecule has 2 fully saturated rings. The van der Waals surface area contributed by atoms with Crippen LogP contribution in [0.1, 0.15) is 10.4 Å². The molecule has 3 aromatic carbocycles. The summed E-state index contributed by atoms with van der Waals surface area (Å²) in [5.41, 5.74) is 3.08. The van der Waals surface area contributed by atoms with E-state index in [0.29, 0.717) is 11.3 Å². The van der Waals surface area contributed by atoms with E-state index in [1.807, 2.05) is 54.6 Å². The summed E-state index contributed by atoms with van der Waals surface area (Å²) in [6.45, 7) is 0. The van der Waals surface area contributed by atoms with Crippen molar-refractivity contribution in [2.24, 2.45) is 16.9 Å². The molecule has 2 saturated heterocycles. The van der Waals surface area contributed by atoms with Gasteiger partial charge in [0.05, 0.1) is 23.6 Å². The maximum Gasteiger partial charge on any atom is 0.240 e. The number of para-hydroxylation sites is 1. The van der Waals surface area contributed by atoms with E-state index in [4.69, 9.17) is 0 Å². The van der Waals surface area contributed by atoms with E-state index < -0.39 is 23.9 Å². The zero-order chi connectivity index (χ0) is 23.2. The Labute approximate surface area is 196 Å². The van der Waals surface area contributed by atoms with Crippen molar-refractivity contribution in [1.29, 1.82) is 0 Å². The van der Waals surface area contributed by atoms with Crippen molar-refractivity contribution in [2.45, 2.75) is 12.1 Å². The van der Waals surface area contributed by atoms with Crippen molar-refractivity contribution in [3.05, 3.63) is 103 Å². The number of hydrazone groups is 1. The smallest absolute Gasteiger partial charge is 0.240 e. The molecule has 0 aromatic heterocycles. The lowest BCUT2D eigenvalue weighted by atomic mass is 9.86. The number of fused-ring (bicyclic) bond motifs is 3. The molecule has 0 radical (unpaired) electrons. The van der Waals surface area contributed by atoms with Gasteiger partial charge in [-0.05, 0) is 29.3 Å². The second-order valence-electron chi connectivity index (χ2n) is 8.67. The predicted octanol–water partition coefficient (Wildman–Crippen LogP) is 3.95. The minimum atomic E-state index is -0.844. The Bertz CT molecular complexity index is 1330. The van der Waals surface area contributed by atoms with Gasteiger partial charge in [-0.15, -0.1) is 0 Å². The zero-order valence-corrected chi connectivity index (χ0v) is 18.2. The number of hydrogen-bond donors (Lipinski definition) is 0. The van der Waals surface area contributed by atoms with Crippen molar-refractivity contribution in [2.75, 3.05) is 4.90 Å². The Morgan fingerprint density at radius 3 is 2.06 bits per heavy atom. The highest BCUT2D eigenvalue weighted by Gasteiger charge is 2.64. The lowest BCUT2D eigenvalue weighted by molar-refractivity contribution is -0.123. The molecule has 34 heavy (non-hydrogen) atoms. The van der Waals surface area contributed by atoms with Crippen molar-refractivity contribution >= 4 is 29.5 Å². The summed E-state index contributed by atoms with van der Waals surface area (Å²) >= 11 is 0. The Kier molecular flexibility index (Phi) is 4.73. The molecule has 6 nitrogen and oxygen atoms in total. The van der Waals surface area contributed by atoms with Crippen LogP contribution in [0.4, 0.5) is 5.69 Å². The normalized spacial score (nSPS) is 24.9. The van der Waals surface area contributed by atoms with E-state index in [0.717, 1.165) is 11.1 Å². The molecule has 0 aliphatic carbocycles. The average Bonchev–Trinajstić information content (AvgIpc) is 3.37. The first kappa shape index (κ1) is 20.3. The van der Waals surface area contributed by atoms with Gasteiger partial charge < -0.3 is 0 Å². The second kappa shape index (κ2) is 7.92. The van der Waals surface area contributed by atoms with Gasteiger partial charge in [0.25, 0.3) is 0 Å². The van der Waals surface area contributed by atoms with Crippen LogP contribution in [0.3, 0.4) is 0 Å². The van der Waals surface area contributed by atoms with Crippen LogP contribution >= 0.6 is 0 Å². The van der Waals surface area contributed by atoms with Crippen molar-refractivity contribution in [1.82, 2.24) is 5.01 Å². The summed E-state index contributed by atoms with van der Waals surface area (Å²) < 4.78 is 0. The standard InChI is InChI=1S/C28H21N3O3/c32-26(20-15-13-19(14-16-20)18-8-3-1-4-9-18)25-24-23(22-12-7-17-29-31(22)25)27(33)30(28(24)34)21-10-5-2-6-11-21/h1-17,22-25H/t22-,23-,24-,25+/m1/s1. The summed E-state index contributed by atoms with van der Waals surface area (Å²) in [6, 6.07) is 24.9. The number of hydrogen-bond acceptors (Lipinski definition) is 5. The van der Waals surface area contributed by atoms with E-state index in [9.17, 15) is 14.4 Å². The van der Waals surface area contributed by atoms with Gasteiger partial charge in [-0.2, -0.15) is 5.10 Å². The quantitative estimate of drug-likeness (QED) is 0.449. The van der Waals surface area contributed by atoms with Gasteiger partial charge in [-0.25, -0.2) is 4.90 Å². The molecule has 2 amide bonds. The fourth-order valence-corrected chi connectivity index (χ4v) is 5.30. The number of imide groups is 1. The number of Topliss-reactive ketones (excluding diaryl/α,β-unsaturated/α-hetero) is 1. The first-order valence-corrected chi connectivity index (χ1v) is 11.3. The van der Waals surface area contributed by atoms with Gasteiger partial charge in [0.1, 0.15) is 6.04 Å². The number of amides is 2. The van der Waals surface area contributed by atoms with Gasteiger partial charge in [0, 0.05) is 11.8 Å². The van der Waals surface area contributed by atoms with Crippen LogP contribution in [0, 0.1) is 11.8 Å². The number of benzene rings is 3. The first-order chi connectivity index (χ1) is 16.6. The van der Waals surface area contributed by atoms with Gasteiger partial charge in [0.15, 0.2) is 5.78 Å². The lowest BCUT2D eigenvalue weighted by Gasteiger charge is -2.30. The number of allylic oxidation sites excluding steroid dienone is 1. The summed E-state index contributed by atoms with van der Waals surface area (Å²) in [4.78, 5) is 42.0. The highest BCUT2D eigenvalue weighted by atomic mass is 16.2. The third kappa shape index (κ3) is 3.03. The van der Waals surface area contributed by atoms with Crippen LogP contribution in [-0.2, 0) is 9.59 Å². The SMILES string of the molecule is O=C(c1ccc(-c2ccccc2)cc1)[C@@H]1[C@@H]2C(=O)N(c3ccccc3)C(=O)[C@@H]2[C@H]2C=CC=NN21. The summed E-state index contributed by atoms with van der Waals surface area (Å²) in [6.07, 6.45) is 5.22. The molecule has 0 unspecified atom stereocenters. The van der Waals surface area contributed by atoms with Crippen LogP contribution in [0.5, 0.6) is 0 Å². The molecular formula is C28H21N3O3. The van der Waals surface area contributed by atoms with Gasteiger partial charge in [-0.1, -0.05) is 78.9 Å². The molecule has 0 bridgehead atoms. The van der Waals surface area contributed by atoms with E-state index in [2.05, 4.69) is 5.10 Å². The molecule has 4 atom stereocenters. The number of anilines is 1. The lowest BCUT2D eigenvalue weighted by Crippen LogP contribution is -2.46. The molecule has 3 aromatic rings. The van der Waals surface area contributed by atoms with Crippen molar-refractivity contribution in [3.8, 4) is 11.1 Å². The van der Waals surface area contributed by atoms with Crippen LogP contribution in [-0.4, -0.2) is 40.9 Å². The highest BCUT2D eigenvalue weighted by Crippen LogP contribution is 2.46. The van der Waals surface area contributed by atoms with Crippen LogP contribution in [0.2, 0.25) is 0 Å². The minimum absolute atomic E-state index is 0.208. The largest absolute Gasteiger partial charge is 0.292 e. The summed E-state index contributed by atoms with van der Waals surface area (Å²) in [5, 5.41) is 6.05. The van der Waals surface area contributed by atoms with Gasteiger partial charge in [0.2, 0.25) is 11.8 Å². The highest BCUT2D eigenvalue weighted by molar-refractivity contribution is 6.24. The fourth-order valence-electron chi connectivity index (χ4n) is 5.30. The number of carbonyl (C=O) groups is 3. The molecule has 0 N–H and O–H groups in total. The van der Waals surface area contributed by atoms with E-state index in [1.54, 1.807) is 53.7 Å². The molecule has 6 rings (SSSR count). The third-order valence-electron chi connectivity index (χ3n) is 6.85. The van der Waals surface area contributed by atoms with Gasteiger partial charge in [-0.3, -0.25) is 19.4 Å². The molecular weight excluding hydrogens is 426 g/mol. The number of nitrogens with zero attached hydrogens (tertiary/aromatic N) is 3. The molecule has 6 heteroatoms. The first-order valence-electron chi connectivity index (χ1n) is 11.3. The predicted molar refractivity (Wildman–Crippen MR) is 129 cm³/mol. The molecule has 166 valence electrons. The van der Waals surface area contributed by atoms with E-state index in [-0.39, 0.29) is 17.6 Å². The summed E-state index contributed by atoms with van der Waals surface area (Å²) in [7, 11) is 0. The Hall–Kier alpha value is -4.32. The molecule has 0 spiro atoms. The molecule has 3 aliphatic rings. The van der Waals surface area contributed by atoms with E-state index in [1.165, 1.54) is 4.90 Å². The van der Waals surface area contributed by atoms with Gasteiger partial charge >= 0.3 is 0 Å². The second-order valence-corrected chi connectivity index (χ2v) is 8.67. The number of ketones is 1. The summed E-state index contributed by atoms with van der Waals surface area (Å²) in [5.74, 6) is -2.29. The topological polar surface area (TPSA) is 70.0 Å². The average molecular weight is 447 g/mol. The zero-order valence-electron chi connectivity index (χ0n) is 18.2. The number of rotatable bonds is 4. The molecule has 0 saturated carbocycles. The maximum atomic E-state index is 13.8.